The number of ether oxygens (including phenoxy) is 1. The highest BCUT2D eigenvalue weighted by molar-refractivity contribution is 8.01. The second-order valence-corrected chi connectivity index (χ2v) is 8.24. The van der Waals surface area contributed by atoms with Crippen LogP contribution in [0.3, 0.4) is 0 Å². The summed E-state index contributed by atoms with van der Waals surface area (Å²) in [5, 5.41) is 0. The fourth-order valence-electron chi connectivity index (χ4n) is 3.68. The van der Waals surface area contributed by atoms with Crippen LogP contribution in [0, 0.1) is 12.8 Å². The lowest BCUT2D eigenvalue weighted by atomic mass is 9.90. The number of aryl methyl sites for hydroxylation is 1. The fourth-order valence-corrected chi connectivity index (χ4v) is 4.08. The monoisotopic (exact) mass is 430 g/mol. The molecule has 156 valence electrons. The van der Waals surface area contributed by atoms with Gasteiger partial charge in [-0.15, -0.1) is 0 Å². The molecule has 4 rings (SSSR count). The number of hydrogen-bond donors (Lipinski definition) is 1. The van der Waals surface area contributed by atoms with Crippen molar-refractivity contribution < 1.29 is 17.9 Å². The van der Waals surface area contributed by atoms with Crippen molar-refractivity contribution in [2.24, 2.45) is 5.92 Å². The quantitative estimate of drug-likeness (QED) is 0.473. The summed E-state index contributed by atoms with van der Waals surface area (Å²) < 4.78 is 46.2. The van der Waals surface area contributed by atoms with Gasteiger partial charge in [-0.05, 0) is 54.7 Å². The van der Waals surface area contributed by atoms with Crippen LogP contribution in [0.25, 0.3) is 11.1 Å². The van der Waals surface area contributed by atoms with Crippen LogP contribution >= 0.6 is 11.9 Å². The van der Waals surface area contributed by atoms with Gasteiger partial charge in [-0.2, -0.15) is 13.2 Å². The number of fused-ring (bicyclic) bond motifs is 1. The Morgan fingerprint density at radius 2 is 1.97 bits per heavy atom. The van der Waals surface area contributed by atoms with Gasteiger partial charge in [0.05, 0.1) is 24.2 Å². The van der Waals surface area contributed by atoms with E-state index in [0.717, 1.165) is 35.4 Å². The molecule has 0 radical (unpaired) electrons. The van der Waals surface area contributed by atoms with E-state index >= 15 is 0 Å². The Morgan fingerprint density at radius 3 is 2.77 bits per heavy atom. The number of alkyl halides is 3. The maximum atomic E-state index is 12.6. The lowest BCUT2D eigenvalue weighted by Crippen LogP contribution is -2.23. The normalized spacial score (nSPS) is 15.9. The van der Waals surface area contributed by atoms with Crippen molar-refractivity contribution in [1.82, 2.24) is 4.98 Å². The fraction of sp³-hybridized carbons (Fsp3) is 0.261. The van der Waals surface area contributed by atoms with Gasteiger partial charge < -0.3 is 9.46 Å². The first-order chi connectivity index (χ1) is 14.4. The molecule has 30 heavy (non-hydrogen) atoms. The molecule has 1 aliphatic rings. The first-order valence-corrected chi connectivity index (χ1v) is 10.5. The molecule has 3 aromatic rings. The third-order valence-electron chi connectivity index (χ3n) is 5.16. The van der Waals surface area contributed by atoms with Crippen molar-refractivity contribution in [3.8, 4) is 16.9 Å². The van der Waals surface area contributed by atoms with E-state index in [4.69, 9.17) is 4.74 Å². The number of para-hydroxylation sites is 1. The van der Waals surface area contributed by atoms with Gasteiger partial charge in [-0.3, -0.25) is 4.98 Å². The number of pyridine rings is 1. The molecule has 0 spiro atoms. The number of nitrogens with zero attached hydrogens (tertiary/aromatic N) is 1. The molecule has 0 aliphatic carbocycles. The number of nitrogens with one attached hydrogen (secondary N) is 1. The molecule has 1 aliphatic heterocycles. The van der Waals surface area contributed by atoms with Gasteiger partial charge in [-0.1, -0.05) is 36.4 Å². The largest absolute Gasteiger partial charge is 0.493 e. The maximum Gasteiger partial charge on any atom is 0.461 e. The highest BCUT2D eigenvalue weighted by Crippen LogP contribution is 2.38. The van der Waals surface area contributed by atoms with E-state index in [9.17, 15) is 13.2 Å². The Labute approximate surface area is 177 Å². The van der Waals surface area contributed by atoms with E-state index in [0.29, 0.717) is 23.8 Å². The van der Waals surface area contributed by atoms with Gasteiger partial charge in [0, 0.05) is 23.4 Å². The molecule has 0 amide bonds. The zero-order valence-electron chi connectivity index (χ0n) is 16.4. The number of aromatic nitrogens is 1. The van der Waals surface area contributed by atoms with Crippen LogP contribution in [0.1, 0.15) is 16.8 Å². The summed E-state index contributed by atoms with van der Waals surface area (Å²) >= 11 is -0.261. The Bertz CT molecular complexity index is 1040. The molecule has 0 unspecified atom stereocenters. The van der Waals surface area contributed by atoms with Crippen LogP contribution in [0.4, 0.5) is 18.9 Å². The molecule has 3 nitrogen and oxygen atoms in total. The summed E-state index contributed by atoms with van der Waals surface area (Å²) in [5.74, 6) is 1.13. The van der Waals surface area contributed by atoms with Crippen molar-refractivity contribution in [1.29, 1.82) is 0 Å². The highest BCUT2D eigenvalue weighted by atomic mass is 32.2. The summed E-state index contributed by atoms with van der Waals surface area (Å²) in [6.45, 7) is 2.66. The predicted molar refractivity (Wildman–Crippen MR) is 115 cm³/mol. The van der Waals surface area contributed by atoms with Crippen LogP contribution in [0.2, 0.25) is 0 Å². The second kappa shape index (κ2) is 8.60. The van der Waals surface area contributed by atoms with E-state index in [1.165, 1.54) is 5.56 Å². The summed E-state index contributed by atoms with van der Waals surface area (Å²) in [6, 6.07) is 16.8. The van der Waals surface area contributed by atoms with E-state index < -0.39 is 5.51 Å². The van der Waals surface area contributed by atoms with Crippen molar-refractivity contribution in [2.75, 3.05) is 11.3 Å². The summed E-state index contributed by atoms with van der Waals surface area (Å²) in [4.78, 5) is 4.48. The zero-order chi connectivity index (χ0) is 21.1. The average molecular weight is 430 g/mol. The van der Waals surface area contributed by atoms with E-state index in [1.54, 1.807) is 18.2 Å². The third kappa shape index (κ3) is 4.90. The van der Waals surface area contributed by atoms with Gasteiger partial charge in [-0.25, -0.2) is 0 Å². The predicted octanol–water partition coefficient (Wildman–Crippen LogP) is 6.43. The molecule has 0 saturated heterocycles. The summed E-state index contributed by atoms with van der Waals surface area (Å²) in [5.41, 5.74) is 0.962. The molecule has 1 atom stereocenters. The van der Waals surface area contributed by atoms with Gasteiger partial charge in [0.25, 0.3) is 0 Å². The van der Waals surface area contributed by atoms with Crippen molar-refractivity contribution >= 4 is 17.6 Å². The molecule has 1 aromatic heterocycles. The van der Waals surface area contributed by atoms with E-state index in [-0.39, 0.29) is 11.9 Å². The molecular weight excluding hydrogens is 409 g/mol. The van der Waals surface area contributed by atoms with Crippen molar-refractivity contribution in [2.45, 2.75) is 25.3 Å². The lowest BCUT2D eigenvalue weighted by Gasteiger charge is -2.26. The van der Waals surface area contributed by atoms with E-state index in [2.05, 4.69) is 22.7 Å². The number of halogens is 3. The minimum Gasteiger partial charge on any atom is -0.493 e. The molecule has 2 aromatic carbocycles. The molecule has 1 N–H and O–H groups in total. The van der Waals surface area contributed by atoms with Gasteiger partial charge in [0.2, 0.25) is 0 Å². The smallest absolute Gasteiger partial charge is 0.461 e. The average Bonchev–Trinajstić information content (AvgIpc) is 2.73. The number of anilines is 1. The van der Waals surface area contributed by atoms with E-state index in [1.807, 2.05) is 36.5 Å². The molecule has 0 bridgehead atoms. The maximum absolute atomic E-state index is 12.6. The summed E-state index contributed by atoms with van der Waals surface area (Å²) in [7, 11) is 0. The number of hydrogen-bond acceptors (Lipinski definition) is 4. The topological polar surface area (TPSA) is 34.1 Å². The Morgan fingerprint density at radius 1 is 1.13 bits per heavy atom. The van der Waals surface area contributed by atoms with Crippen LogP contribution in [0.5, 0.6) is 5.75 Å². The minimum absolute atomic E-state index is 0.261. The molecule has 7 heteroatoms. The van der Waals surface area contributed by atoms with Crippen LogP contribution in [-0.4, -0.2) is 17.1 Å². The second-order valence-electron chi connectivity index (χ2n) is 7.37. The van der Waals surface area contributed by atoms with Gasteiger partial charge in [0.15, 0.2) is 0 Å². The van der Waals surface area contributed by atoms with Crippen molar-refractivity contribution in [3.63, 3.8) is 0 Å². The molecule has 2 heterocycles. The SMILES string of the molecule is Cc1cccnc1C[C@H]1COc2cc(-c3ccccc3NSC(F)(F)F)ccc2C1. The first kappa shape index (κ1) is 20.6. The molecular formula is C23H21F3N2OS. The Kier molecular flexibility index (Phi) is 5.90. The Hall–Kier alpha value is -2.67. The molecule has 0 fully saturated rings. The van der Waals surface area contributed by atoms with Gasteiger partial charge >= 0.3 is 5.51 Å². The van der Waals surface area contributed by atoms with Crippen LogP contribution < -0.4 is 9.46 Å². The number of rotatable bonds is 5. The van der Waals surface area contributed by atoms with Crippen LogP contribution in [0.15, 0.2) is 60.8 Å². The first-order valence-electron chi connectivity index (χ1n) is 9.65. The third-order valence-corrected chi connectivity index (χ3v) is 5.72. The molecule has 0 saturated carbocycles. The standard InChI is InChI=1S/C23H21F3N2OS/c1-15-5-4-10-27-21(15)12-16-11-18-9-8-17(13-22(18)29-14-16)19-6-2-3-7-20(19)28-30-23(24,25)26/h2-10,13,16,28H,11-12,14H2,1H3/t16-/m0/s1. The zero-order valence-corrected chi connectivity index (χ0v) is 17.2. The highest BCUT2D eigenvalue weighted by Gasteiger charge is 2.29. The summed E-state index contributed by atoms with van der Waals surface area (Å²) in [6.07, 6.45) is 3.56. The Balaban J connectivity index is 1.52. The minimum atomic E-state index is -4.35. The lowest BCUT2D eigenvalue weighted by molar-refractivity contribution is -0.0323. The van der Waals surface area contributed by atoms with Crippen molar-refractivity contribution in [3.05, 3.63) is 77.6 Å². The van der Waals surface area contributed by atoms with Crippen LogP contribution in [-0.2, 0) is 12.8 Å². The number of benzene rings is 2. The van der Waals surface area contributed by atoms with Gasteiger partial charge in [0.1, 0.15) is 5.75 Å².